The zero-order valence-corrected chi connectivity index (χ0v) is 4.33. The molecule has 1 heterocycles. The summed E-state index contributed by atoms with van der Waals surface area (Å²) in [6.07, 6.45) is 7.31. The summed E-state index contributed by atoms with van der Waals surface area (Å²) in [7, 11) is 0. The van der Waals surface area contributed by atoms with Gasteiger partial charge < -0.3 is 0 Å². The van der Waals surface area contributed by atoms with Crippen molar-refractivity contribution >= 4 is 6.08 Å². The van der Waals surface area contributed by atoms with Crippen LogP contribution in [0.4, 0.5) is 0 Å². The summed E-state index contributed by atoms with van der Waals surface area (Å²) >= 11 is 0. The Morgan fingerprint density at radius 3 is 3.00 bits per heavy atom. The van der Waals surface area contributed by atoms with Crippen molar-refractivity contribution in [1.82, 2.24) is 9.97 Å². The summed E-state index contributed by atoms with van der Waals surface area (Å²) in [5, 5.41) is 0. The highest BCUT2D eigenvalue weighted by molar-refractivity contribution is 5.38. The number of nitrogens with zero attached hydrogens (tertiary/aromatic N) is 2. The van der Waals surface area contributed by atoms with Gasteiger partial charge in [0.2, 0.25) is 0 Å². The highest BCUT2D eigenvalue weighted by atomic mass is 14.7. The molecule has 0 saturated carbocycles. The van der Waals surface area contributed by atoms with Crippen LogP contribution in [0.25, 0.3) is 6.08 Å². The predicted octanol–water partition coefficient (Wildman–Crippen LogP) is 0.920. The van der Waals surface area contributed by atoms with Gasteiger partial charge in [-0.3, -0.25) is 9.97 Å². The Hall–Kier alpha value is -1.18. The number of hydrogen-bond acceptors (Lipinski definition) is 2. The van der Waals surface area contributed by atoms with Gasteiger partial charge in [0.05, 0.1) is 18.1 Å². The van der Waals surface area contributed by atoms with Crippen molar-refractivity contribution in [3.05, 3.63) is 30.9 Å². The molecule has 1 aromatic rings. The molecule has 0 aliphatic rings. The molecule has 0 unspecified atom stereocenters. The Bertz CT molecular complexity index is 169. The summed E-state index contributed by atoms with van der Waals surface area (Å²) in [5.74, 6) is 0. The molecule has 0 aliphatic heterocycles. The zero-order chi connectivity index (χ0) is 5.82. The molecule has 39 valence electrons. The van der Waals surface area contributed by atoms with E-state index in [0.29, 0.717) is 0 Å². The Balaban J connectivity index is 2.99. The lowest BCUT2D eigenvalue weighted by Crippen LogP contribution is -1.78. The van der Waals surface area contributed by atoms with E-state index >= 15 is 0 Å². The average molecular weight is 105 g/mol. The van der Waals surface area contributed by atoms with Gasteiger partial charge in [0, 0.05) is 0 Å². The quantitative estimate of drug-likeness (QED) is 0.530. The summed E-state index contributed by atoms with van der Waals surface area (Å²) in [5.41, 5.74) is 0.781. The molecule has 0 aliphatic carbocycles. The average Bonchev–Trinajstić information content (AvgIpc) is 1.90. The minimum absolute atomic E-state index is 0.781. The second kappa shape index (κ2) is 2.21. The van der Waals surface area contributed by atoms with Crippen LogP contribution in [0.2, 0.25) is 0 Å². The van der Waals surface area contributed by atoms with Gasteiger partial charge in [-0.1, -0.05) is 6.58 Å². The van der Waals surface area contributed by atoms with Gasteiger partial charge in [-0.15, -0.1) is 0 Å². The molecule has 0 saturated heterocycles. The van der Waals surface area contributed by atoms with Crippen molar-refractivity contribution in [2.45, 2.75) is 0 Å². The van der Waals surface area contributed by atoms with Crippen LogP contribution in [0, 0.1) is 6.20 Å². The standard InChI is InChI=1S/C6H5N2/c1-2-6-5-7-3-4-8-6/h2,4-5H,1H2. The van der Waals surface area contributed by atoms with Crippen LogP contribution >= 0.6 is 0 Å². The van der Waals surface area contributed by atoms with Crippen LogP contribution in [-0.2, 0) is 0 Å². The van der Waals surface area contributed by atoms with Gasteiger partial charge in [0.1, 0.15) is 6.20 Å². The topological polar surface area (TPSA) is 25.8 Å². The number of rotatable bonds is 1. The van der Waals surface area contributed by atoms with Gasteiger partial charge in [-0.25, -0.2) is 0 Å². The van der Waals surface area contributed by atoms with Crippen LogP contribution in [-0.4, -0.2) is 9.97 Å². The van der Waals surface area contributed by atoms with Crippen LogP contribution in [0.15, 0.2) is 19.0 Å². The molecule has 0 spiro atoms. The van der Waals surface area contributed by atoms with Crippen molar-refractivity contribution in [3.8, 4) is 0 Å². The van der Waals surface area contributed by atoms with E-state index in [1.807, 2.05) is 0 Å². The molecular formula is C6H5N2. The fraction of sp³-hybridized carbons (Fsp3) is 0. The third-order valence-electron chi connectivity index (χ3n) is 0.752. The molecule has 1 aromatic heterocycles. The molecule has 8 heavy (non-hydrogen) atoms. The molecule has 0 fully saturated rings. The normalized spacial score (nSPS) is 8.50. The Labute approximate surface area is 47.9 Å². The zero-order valence-electron chi connectivity index (χ0n) is 4.33. The van der Waals surface area contributed by atoms with E-state index < -0.39 is 0 Å². The Kier molecular flexibility index (Phi) is 1.37. The van der Waals surface area contributed by atoms with Crippen molar-refractivity contribution in [2.75, 3.05) is 0 Å². The lowest BCUT2D eigenvalue weighted by Gasteiger charge is -1.83. The van der Waals surface area contributed by atoms with Crippen molar-refractivity contribution in [2.24, 2.45) is 0 Å². The van der Waals surface area contributed by atoms with Gasteiger partial charge in [0.25, 0.3) is 0 Å². The molecule has 0 bridgehead atoms. The first kappa shape index (κ1) is 4.97. The monoisotopic (exact) mass is 105 g/mol. The third-order valence-corrected chi connectivity index (χ3v) is 0.752. The molecular weight excluding hydrogens is 100 g/mol. The van der Waals surface area contributed by atoms with Crippen molar-refractivity contribution in [1.29, 1.82) is 0 Å². The van der Waals surface area contributed by atoms with Crippen LogP contribution in [0.3, 0.4) is 0 Å². The maximum atomic E-state index is 3.86. The molecule has 2 heteroatoms. The van der Waals surface area contributed by atoms with Crippen LogP contribution < -0.4 is 0 Å². The minimum atomic E-state index is 0.781. The second-order valence-corrected chi connectivity index (χ2v) is 1.27. The van der Waals surface area contributed by atoms with E-state index in [1.54, 1.807) is 12.3 Å². The van der Waals surface area contributed by atoms with Crippen LogP contribution in [0.1, 0.15) is 5.69 Å². The molecule has 2 nitrogen and oxygen atoms in total. The first-order valence-electron chi connectivity index (χ1n) is 2.24. The summed E-state index contributed by atoms with van der Waals surface area (Å²) in [6, 6.07) is 0. The molecule has 1 rings (SSSR count). The van der Waals surface area contributed by atoms with E-state index in [4.69, 9.17) is 0 Å². The lowest BCUT2D eigenvalue weighted by molar-refractivity contribution is 1.17. The highest BCUT2D eigenvalue weighted by Crippen LogP contribution is 1.87. The fourth-order valence-corrected chi connectivity index (χ4v) is 0.379. The predicted molar refractivity (Wildman–Crippen MR) is 31.0 cm³/mol. The fourth-order valence-electron chi connectivity index (χ4n) is 0.379. The molecule has 0 N–H and O–H groups in total. The molecule has 0 amide bonds. The molecule has 1 radical (unpaired) electrons. The summed E-state index contributed by atoms with van der Waals surface area (Å²) < 4.78 is 0. The second-order valence-electron chi connectivity index (χ2n) is 1.27. The van der Waals surface area contributed by atoms with E-state index in [0.717, 1.165) is 5.69 Å². The molecule has 0 atom stereocenters. The van der Waals surface area contributed by atoms with Gasteiger partial charge in [-0.2, -0.15) is 0 Å². The van der Waals surface area contributed by atoms with E-state index in [9.17, 15) is 0 Å². The highest BCUT2D eigenvalue weighted by Gasteiger charge is 1.79. The van der Waals surface area contributed by atoms with E-state index in [2.05, 4.69) is 22.7 Å². The maximum Gasteiger partial charge on any atom is 0.109 e. The van der Waals surface area contributed by atoms with Crippen molar-refractivity contribution in [3.63, 3.8) is 0 Å². The molecule has 0 aromatic carbocycles. The van der Waals surface area contributed by atoms with Gasteiger partial charge in [0.15, 0.2) is 0 Å². The Morgan fingerprint density at radius 1 is 1.75 bits per heavy atom. The van der Waals surface area contributed by atoms with Gasteiger partial charge >= 0.3 is 0 Å². The Morgan fingerprint density at radius 2 is 2.62 bits per heavy atom. The lowest BCUT2D eigenvalue weighted by atomic mass is 10.5. The number of aromatic nitrogens is 2. The van der Waals surface area contributed by atoms with E-state index in [-0.39, 0.29) is 0 Å². The van der Waals surface area contributed by atoms with Gasteiger partial charge in [-0.05, 0) is 6.08 Å². The third kappa shape index (κ3) is 0.904. The minimum Gasteiger partial charge on any atom is -0.253 e. The van der Waals surface area contributed by atoms with E-state index in [1.165, 1.54) is 6.20 Å². The maximum absolute atomic E-state index is 3.86. The largest absolute Gasteiger partial charge is 0.253 e. The van der Waals surface area contributed by atoms with Crippen molar-refractivity contribution < 1.29 is 0 Å². The smallest absolute Gasteiger partial charge is 0.109 e. The van der Waals surface area contributed by atoms with Crippen LogP contribution in [0.5, 0.6) is 0 Å². The first-order valence-corrected chi connectivity index (χ1v) is 2.24. The summed E-state index contributed by atoms with van der Waals surface area (Å²) in [6.45, 7) is 3.51. The first-order chi connectivity index (χ1) is 3.93. The SMILES string of the molecule is C=Cc1cn[c]cn1. The summed E-state index contributed by atoms with van der Waals surface area (Å²) in [4.78, 5) is 7.56. The number of hydrogen-bond donors (Lipinski definition) is 0.